The minimum absolute atomic E-state index is 0.157. The third-order valence-electron chi connectivity index (χ3n) is 3.30. The highest BCUT2D eigenvalue weighted by molar-refractivity contribution is 4.98. The van der Waals surface area contributed by atoms with Crippen molar-refractivity contribution in [2.75, 3.05) is 6.61 Å². The zero-order valence-corrected chi connectivity index (χ0v) is 12.6. The number of aromatic nitrogens is 3. The van der Waals surface area contributed by atoms with Gasteiger partial charge >= 0.3 is 0 Å². The third-order valence-corrected chi connectivity index (χ3v) is 3.30. The van der Waals surface area contributed by atoms with Crippen LogP contribution in [0.2, 0.25) is 0 Å². The lowest BCUT2D eigenvalue weighted by molar-refractivity contribution is 0.0974. The Morgan fingerprint density at radius 3 is 2.75 bits per heavy atom. The van der Waals surface area contributed by atoms with E-state index in [1.807, 2.05) is 12.3 Å². The van der Waals surface area contributed by atoms with Crippen LogP contribution < -0.4 is 0 Å². The van der Waals surface area contributed by atoms with Crippen LogP contribution in [0.25, 0.3) is 0 Å². The Labute approximate surface area is 121 Å². The molecule has 0 spiro atoms. The van der Waals surface area contributed by atoms with Crippen molar-refractivity contribution in [3.8, 4) is 0 Å². The molecule has 0 aliphatic rings. The molecule has 1 heterocycles. The summed E-state index contributed by atoms with van der Waals surface area (Å²) in [5.41, 5.74) is 0.918. The molecule has 1 aromatic rings. The molecule has 0 aliphatic carbocycles. The first-order valence-corrected chi connectivity index (χ1v) is 7.59. The largest absolute Gasteiger partial charge is 0.394 e. The van der Waals surface area contributed by atoms with Crippen molar-refractivity contribution in [3.63, 3.8) is 0 Å². The van der Waals surface area contributed by atoms with Gasteiger partial charge in [0, 0.05) is 6.20 Å². The molecule has 0 radical (unpaired) electrons. The standard InChI is InChI=1S/C15H27N3O2/c1-3-5-7-9-13-11-18(17-16-13)14(12-19)15(20)10-8-6-4-2/h8,10-11,14-15,19-20H,3-7,9,12H2,1-2H3/b10-8+/t14-,15+/m0/s1. The molecule has 2 N–H and O–H groups in total. The average Bonchev–Trinajstić information content (AvgIpc) is 2.89. The molecule has 1 rings (SSSR count). The molecule has 114 valence electrons. The van der Waals surface area contributed by atoms with Crippen LogP contribution in [0.3, 0.4) is 0 Å². The number of aliphatic hydroxyl groups is 2. The van der Waals surface area contributed by atoms with Gasteiger partial charge in [0.05, 0.1) is 18.4 Å². The number of rotatable bonds is 10. The smallest absolute Gasteiger partial charge is 0.106 e. The highest BCUT2D eigenvalue weighted by Gasteiger charge is 2.19. The van der Waals surface area contributed by atoms with Crippen LogP contribution in [-0.2, 0) is 6.42 Å². The van der Waals surface area contributed by atoms with Gasteiger partial charge in [-0.3, -0.25) is 0 Å². The van der Waals surface area contributed by atoms with Crippen molar-refractivity contribution in [1.29, 1.82) is 0 Å². The quantitative estimate of drug-likeness (QED) is 0.510. The summed E-state index contributed by atoms with van der Waals surface area (Å²) in [5.74, 6) is 0. The Balaban J connectivity index is 2.60. The molecule has 5 nitrogen and oxygen atoms in total. The lowest BCUT2D eigenvalue weighted by Gasteiger charge is -2.17. The van der Waals surface area contributed by atoms with Crippen molar-refractivity contribution in [3.05, 3.63) is 24.0 Å². The molecular formula is C15H27N3O2. The molecule has 5 heteroatoms. The first kappa shape index (κ1) is 16.9. The van der Waals surface area contributed by atoms with Gasteiger partial charge in [0.1, 0.15) is 6.04 Å². The molecule has 0 saturated carbocycles. The van der Waals surface area contributed by atoms with Crippen LogP contribution in [-0.4, -0.2) is 37.9 Å². The van der Waals surface area contributed by atoms with Gasteiger partial charge in [0.25, 0.3) is 0 Å². The van der Waals surface area contributed by atoms with Crippen LogP contribution in [0.5, 0.6) is 0 Å². The van der Waals surface area contributed by atoms with E-state index in [1.165, 1.54) is 12.8 Å². The van der Waals surface area contributed by atoms with E-state index in [0.717, 1.165) is 31.4 Å². The number of hydrogen-bond donors (Lipinski definition) is 2. The first-order chi connectivity index (χ1) is 9.72. The summed E-state index contributed by atoms with van der Waals surface area (Å²) in [5, 5.41) is 27.7. The summed E-state index contributed by atoms with van der Waals surface area (Å²) in [6.07, 6.45) is 11.1. The average molecular weight is 281 g/mol. The van der Waals surface area contributed by atoms with Crippen molar-refractivity contribution >= 4 is 0 Å². The van der Waals surface area contributed by atoms with E-state index in [0.29, 0.717) is 0 Å². The van der Waals surface area contributed by atoms with Crippen molar-refractivity contribution in [1.82, 2.24) is 15.0 Å². The van der Waals surface area contributed by atoms with E-state index in [4.69, 9.17) is 0 Å². The first-order valence-electron chi connectivity index (χ1n) is 7.59. The number of aryl methyl sites for hydroxylation is 1. The number of aliphatic hydroxyl groups excluding tert-OH is 2. The predicted octanol–water partition coefficient (Wildman–Crippen LogP) is 2.26. The monoisotopic (exact) mass is 281 g/mol. The molecular weight excluding hydrogens is 254 g/mol. The molecule has 0 saturated heterocycles. The van der Waals surface area contributed by atoms with E-state index >= 15 is 0 Å². The Bertz CT molecular complexity index is 390. The van der Waals surface area contributed by atoms with Crippen LogP contribution >= 0.6 is 0 Å². The fourth-order valence-electron chi connectivity index (χ4n) is 2.02. The van der Waals surface area contributed by atoms with Crippen LogP contribution in [0.4, 0.5) is 0 Å². The summed E-state index contributed by atoms with van der Waals surface area (Å²) in [4.78, 5) is 0. The summed E-state index contributed by atoms with van der Waals surface area (Å²) < 4.78 is 1.57. The molecule has 0 aromatic carbocycles. The van der Waals surface area contributed by atoms with E-state index in [1.54, 1.807) is 10.8 Å². The fourth-order valence-corrected chi connectivity index (χ4v) is 2.02. The van der Waals surface area contributed by atoms with E-state index in [-0.39, 0.29) is 6.61 Å². The van der Waals surface area contributed by atoms with Gasteiger partial charge < -0.3 is 10.2 Å². The van der Waals surface area contributed by atoms with Crippen molar-refractivity contribution in [2.24, 2.45) is 0 Å². The Kier molecular flexibility index (Phi) is 8.14. The normalized spacial score (nSPS) is 14.8. The second-order valence-corrected chi connectivity index (χ2v) is 5.10. The number of allylic oxidation sites excluding steroid dienone is 1. The maximum atomic E-state index is 10.1. The lowest BCUT2D eigenvalue weighted by Crippen LogP contribution is -2.26. The predicted molar refractivity (Wildman–Crippen MR) is 79.4 cm³/mol. The van der Waals surface area contributed by atoms with Gasteiger partial charge in [-0.25, -0.2) is 4.68 Å². The minimum atomic E-state index is -0.739. The minimum Gasteiger partial charge on any atom is -0.394 e. The van der Waals surface area contributed by atoms with E-state index in [2.05, 4.69) is 24.2 Å². The zero-order valence-electron chi connectivity index (χ0n) is 12.6. The van der Waals surface area contributed by atoms with Crippen LogP contribution in [0.15, 0.2) is 18.3 Å². The van der Waals surface area contributed by atoms with Crippen molar-refractivity contribution in [2.45, 2.75) is 64.5 Å². The number of unbranched alkanes of at least 4 members (excludes halogenated alkanes) is 3. The molecule has 1 aromatic heterocycles. The number of hydrogen-bond acceptors (Lipinski definition) is 4. The zero-order chi connectivity index (χ0) is 14.8. The summed E-state index contributed by atoms with van der Waals surface area (Å²) in [6, 6.07) is -0.462. The van der Waals surface area contributed by atoms with Gasteiger partial charge in [0.15, 0.2) is 0 Å². The Morgan fingerprint density at radius 2 is 2.10 bits per heavy atom. The van der Waals surface area contributed by atoms with Gasteiger partial charge in [-0.05, 0) is 19.3 Å². The van der Waals surface area contributed by atoms with E-state index < -0.39 is 12.1 Å². The van der Waals surface area contributed by atoms with Gasteiger partial charge in [0.2, 0.25) is 0 Å². The van der Waals surface area contributed by atoms with E-state index in [9.17, 15) is 10.2 Å². The fraction of sp³-hybridized carbons (Fsp3) is 0.733. The van der Waals surface area contributed by atoms with Crippen molar-refractivity contribution < 1.29 is 10.2 Å². The molecule has 20 heavy (non-hydrogen) atoms. The second-order valence-electron chi connectivity index (χ2n) is 5.10. The maximum Gasteiger partial charge on any atom is 0.106 e. The maximum absolute atomic E-state index is 10.1. The highest BCUT2D eigenvalue weighted by Crippen LogP contribution is 2.13. The lowest BCUT2D eigenvalue weighted by atomic mass is 10.1. The third kappa shape index (κ3) is 5.43. The van der Waals surface area contributed by atoms with Gasteiger partial charge in [-0.1, -0.05) is 50.5 Å². The van der Waals surface area contributed by atoms with Crippen LogP contribution in [0, 0.1) is 0 Å². The molecule has 2 atom stereocenters. The SMILES string of the molecule is CCC/C=C/[C@@H](O)[C@H](CO)n1cc(CCCCC)nn1. The summed E-state index contributed by atoms with van der Waals surface area (Å²) in [7, 11) is 0. The molecule has 0 fully saturated rings. The van der Waals surface area contributed by atoms with Gasteiger partial charge in [-0.2, -0.15) is 0 Å². The van der Waals surface area contributed by atoms with Crippen LogP contribution in [0.1, 0.15) is 57.7 Å². The summed E-state index contributed by atoms with van der Waals surface area (Å²) >= 11 is 0. The molecule has 0 bridgehead atoms. The molecule has 0 aliphatic heterocycles. The molecule has 0 amide bonds. The summed E-state index contributed by atoms with van der Waals surface area (Å²) in [6.45, 7) is 4.09. The molecule has 0 unspecified atom stereocenters. The second kappa shape index (κ2) is 9.66. The van der Waals surface area contributed by atoms with Gasteiger partial charge in [-0.15, -0.1) is 5.10 Å². The Morgan fingerprint density at radius 1 is 1.30 bits per heavy atom. The Hall–Kier alpha value is -1.20. The topological polar surface area (TPSA) is 71.2 Å². The number of nitrogens with zero attached hydrogens (tertiary/aromatic N) is 3. The highest BCUT2D eigenvalue weighted by atomic mass is 16.3.